The van der Waals surface area contributed by atoms with E-state index in [-0.39, 0.29) is 0 Å². The van der Waals surface area contributed by atoms with E-state index in [9.17, 15) is 0 Å². The maximum absolute atomic E-state index is 8.28. The highest BCUT2D eigenvalue weighted by Crippen LogP contribution is 2.06. The minimum absolute atomic E-state index is 0.662. The highest BCUT2D eigenvalue weighted by Gasteiger charge is 1.94. The van der Waals surface area contributed by atoms with E-state index in [4.69, 9.17) is 4.55 Å². The summed E-state index contributed by atoms with van der Waals surface area (Å²) in [4.78, 5) is 0. The summed E-state index contributed by atoms with van der Waals surface area (Å²) in [7, 11) is 0. The fourth-order valence-electron chi connectivity index (χ4n) is 0.245. The highest BCUT2D eigenvalue weighted by atomic mass is 32.2. The molecule has 1 unspecified atom stereocenters. The maximum atomic E-state index is 8.28. The van der Waals surface area contributed by atoms with Crippen molar-refractivity contribution >= 4 is 12.0 Å². The molecule has 0 aromatic carbocycles. The van der Waals surface area contributed by atoms with Crippen molar-refractivity contribution in [3.63, 3.8) is 0 Å². The number of rotatable bonds is 3. The molecule has 0 heterocycles. The van der Waals surface area contributed by atoms with Crippen LogP contribution in [0.25, 0.3) is 0 Å². The van der Waals surface area contributed by atoms with Crippen molar-refractivity contribution in [2.45, 2.75) is 20.3 Å². The molecule has 1 nitrogen and oxygen atoms in total. The average molecular weight is 120 g/mol. The Balaban J connectivity index is 2.83. The fraction of sp³-hybridized carbons (Fsp3) is 1.00. The van der Waals surface area contributed by atoms with E-state index < -0.39 is 0 Å². The van der Waals surface area contributed by atoms with Gasteiger partial charge in [0, 0.05) is 5.75 Å². The van der Waals surface area contributed by atoms with Crippen molar-refractivity contribution in [1.29, 1.82) is 0 Å². The predicted octanol–water partition coefficient (Wildman–Crippen LogP) is 2.24. The Morgan fingerprint density at radius 3 is 2.43 bits per heavy atom. The van der Waals surface area contributed by atoms with Gasteiger partial charge in [0.15, 0.2) is 0 Å². The Morgan fingerprint density at radius 2 is 2.29 bits per heavy atom. The largest absolute Gasteiger partial charge is 0.330 e. The van der Waals surface area contributed by atoms with Gasteiger partial charge in [-0.25, -0.2) is 0 Å². The Labute approximate surface area is 49.3 Å². The molecule has 44 valence electrons. The predicted molar refractivity (Wildman–Crippen MR) is 34.5 cm³/mol. The molecule has 0 saturated heterocycles. The summed E-state index contributed by atoms with van der Waals surface area (Å²) in [5.41, 5.74) is 0. The third-order valence-corrected chi connectivity index (χ3v) is 1.77. The van der Waals surface area contributed by atoms with E-state index in [0.717, 1.165) is 24.2 Å². The van der Waals surface area contributed by atoms with Gasteiger partial charge in [0.1, 0.15) is 0 Å². The van der Waals surface area contributed by atoms with Gasteiger partial charge in [-0.3, -0.25) is 0 Å². The Morgan fingerprint density at radius 1 is 1.71 bits per heavy atom. The van der Waals surface area contributed by atoms with Crippen molar-refractivity contribution < 1.29 is 4.55 Å². The van der Waals surface area contributed by atoms with Gasteiger partial charge in [-0.15, -0.1) is 0 Å². The maximum Gasteiger partial charge on any atom is 0.0220 e. The van der Waals surface area contributed by atoms with Crippen LogP contribution >= 0.6 is 12.0 Å². The van der Waals surface area contributed by atoms with Crippen LogP contribution < -0.4 is 0 Å². The van der Waals surface area contributed by atoms with Crippen LogP contribution in [0, 0.1) is 5.92 Å². The lowest BCUT2D eigenvalue weighted by atomic mass is 10.2. The van der Waals surface area contributed by atoms with Crippen LogP contribution in [0.2, 0.25) is 0 Å². The molecule has 0 bridgehead atoms. The molecule has 7 heavy (non-hydrogen) atoms. The molecule has 2 heteroatoms. The zero-order chi connectivity index (χ0) is 5.70. The first-order chi connectivity index (χ1) is 3.31. The molecular weight excluding hydrogens is 108 g/mol. The SMILES string of the molecule is CCC(C)CSO. The van der Waals surface area contributed by atoms with Gasteiger partial charge in [0.05, 0.1) is 0 Å². The van der Waals surface area contributed by atoms with Crippen LogP contribution in [-0.4, -0.2) is 10.3 Å². The third kappa shape index (κ3) is 4.16. The zero-order valence-electron chi connectivity index (χ0n) is 4.85. The summed E-state index contributed by atoms with van der Waals surface area (Å²) < 4.78 is 8.28. The quantitative estimate of drug-likeness (QED) is 0.576. The first kappa shape index (κ1) is 7.31. The van der Waals surface area contributed by atoms with E-state index in [0.29, 0.717) is 5.92 Å². The zero-order valence-corrected chi connectivity index (χ0v) is 5.66. The second-order valence-corrected chi connectivity index (χ2v) is 2.40. The summed E-state index contributed by atoms with van der Waals surface area (Å²) in [6.07, 6.45) is 1.16. The van der Waals surface area contributed by atoms with Gasteiger partial charge in [-0.2, -0.15) is 0 Å². The minimum atomic E-state index is 0.662. The Hall–Kier alpha value is 0.310. The summed E-state index contributed by atoms with van der Waals surface area (Å²) in [5.74, 6) is 1.53. The van der Waals surface area contributed by atoms with Gasteiger partial charge in [-0.1, -0.05) is 20.3 Å². The molecule has 0 aliphatic rings. The second kappa shape index (κ2) is 4.47. The molecule has 0 saturated carbocycles. The van der Waals surface area contributed by atoms with E-state index >= 15 is 0 Å². The molecule has 0 spiro atoms. The third-order valence-electron chi connectivity index (χ3n) is 1.06. The molecule has 1 atom stereocenters. The number of hydrogen-bond donors (Lipinski definition) is 1. The van der Waals surface area contributed by atoms with Crippen molar-refractivity contribution in [1.82, 2.24) is 0 Å². The van der Waals surface area contributed by atoms with Gasteiger partial charge >= 0.3 is 0 Å². The molecule has 0 aliphatic carbocycles. The average Bonchev–Trinajstić information content (AvgIpc) is 1.68. The lowest BCUT2D eigenvalue weighted by Gasteiger charge is -2.00. The molecule has 0 rings (SSSR count). The molecule has 0 aliphatic heterocycles. The number of hydrogen-bond acceptors (Lipinski definition) is 2. The fourth-order valence-corrected chi connectivity index (χ4v) is 0.735. The van der Waals surface area contributed by atoms with Crippen molar-refractivity contribution in [2.75, 3.05) is 5.75 Å². The summed E-state index contributed by atoms with van der Waals surface area (Å²) in [6, 6.07) is 0. The van der Waals surface area contributed by atoms with Gasteiger partial charge in [0.2, 0.25) is 0 Å². The standard InChI is InChI=1S/C5H12OS/c1-3-5(2)4-7-6/h5-6H,3-4H2,1-2H3. The topological polar surface area (TPSA) is 20.2 Å². The van der Waals surface area contributed by atoms with E-state index in [1.165, 1.54) is 0 Å². The molecule has 1 N–H and O–H groups in total. The minimum Gasteiger partial charge on any atom is -0.330 e. The highest BCUT2D eigenvalue weighted by molar-refractivity contribution is 7.93. The van der Waals surface area contributed by atoms with Crippen LogP contribution in [0.5, 0.6) is 0 Å². The molecule has 0 aromatic rings. The normalized spacial score (nSPS) is 14.1. The van der Waals surface area contributed by atoms with E-state index in [1.54, 1.807) is 0 Å². The summed E-state index contributed by atoms with van der Waals surface area (Å²) in [6.45, 7) is 4.25. The second-order valence-electron chi connectivity index (χ2n) is 1.81. The molecule has 0 fully saturated rings. The van der Waals surface area contributed by atoms with E-state index in [2.05, 4.69) is 13.8 Å². The lowest BCUT2D eigenvalue weighted by Crippen LogP contribution is -1.93. The van der Waals surface area contributed by atoms with Gasteiger partial charge in [0.25, 0.3) is 0 Å². The van der Waals surface area contributed by atoms with Crippen LogP contribution in [0.3, 0.4) is 0 Å². The van der Waals surface area contributed by atoms with Crippen LogP contribution in [-0.2, 0) is 0 Å². The molecule has 0 radical (unpaired) electrons. The molecule has 0 amide bonds. The van der Waals surface area contributed by atoms with Crippen LogP contribution in [0.1, 0.15) is 20.3 Å². The van der Waals surface area contributed by atoms with Crippen molar-refractivity contribution in [3.8, 4) is 0 Å². The Kier molecular flexibility index (Phi) is 4.67. The van der Waals surface area contributed by atoms with Gasteiger partial charge in [-0.05, 0) is 18.0 Å². The monoisotopic (exact) mass is 120 g/mol. The first-order valence-corrected chi connectivity index (χ1v) is 3.51. The smallest absolute Gasteiger partial charge is 0.0220 e. The summed E-state index contributed by atoms with van der Waals surface area (Å²) >= 11 is 0.934. The Bertz CT molecular complexity index is 39.1. The van der Waals surface area contributed by atoms with Gasteiger partial charge < -0.3 is 4.55 Å². The molecular formula is C5H12OS. The van der Waals surface area contributed by atoms with Crippen LogP contribution in [0.4, 0.5) is 0 Å². The summed E-state index contributed by atoms with van der Waals surface area (Å²) in [5, 5.41) is 0. The van der Waals surface area contributed by atoms with Crippen molar-refractivity contribution in [2.24, 2.45) is 5.92 Å². The van der Waals surface area contributed by atoms with Crippen molar-refractivity contribution in [3.05, 3.63) is 0 Å². The first-order valence-electron chi connectivity index (χ1n) is 2.57. The van der Waals surface area contributed by atoms with E-state index in [1.807, 2.05) is 0 Å². The van der Waals surface area contributed by atoms with Crippen LogP contribution in [0.15, 0.2) is 0 Å². The lowest BCUT2D eigenvalue weighted by molar-refractivity contribution is 0.605. The molecule has 0 aromatic heterocycles.